The topological polar surface area (TPSA) is 44.1 Å². The quantitative estimate of drug-likeness (QED) is 0.352. The van der Waals surface area contributed by atoms with E-state index in [1.54, 1.807) is 12.1 Å². The Morgan fingerprint density at radius 3 is 1.94 bits per heavy atom. The molecular weight excluding hydrogens is 447 g/mol. The molecule has 1 aliphatic rings. The van der Waals surface area contributed by atoms with E-state index < -0.39 is 5.41 Å². The summed E-state index contributed by atoms with van der Waals surface area (Å²) in [5.74, 6) is -0.203. The number of halogens is 2. The van der Waals surface area contributed by atoms with Crippen molar-refractivity contribution in [2.24, 2.45) is 5.92 Å². The van der Waals surface area contributed by atoms with Crippen LogP contribution in [0.1, 0.15) is 47.2 Å². The second kappa shape index (κ2) is 11.9. The smallest absolute Gasteiger partial charge is 0.166 e. The molecule has 3 aromatic carbocycles. The maximum atomic E-state index is 13.2. The monoisotopic (exact) mass is 476 g/mol. The van der Waals surface area contributed by atoms with Crippen LogP contribution in [0, 0.1) is 23.1 Å². The van der Waals surface area contributed by atoms with Crippen molar-refractivity contribution in [2.45, 2.75) is 31.1 Å². The Balaban J connectivity index is 0.00000324. The summed E-state index contributed by atoms with van der Waals surface area (Å²) in [5, 5.41) is 10.3. The van der Waals surface area contributed by atoms with Crippen LogP contribution in [0.3, 0.4) is 0 Å². The molecule has 0 amide bonds. The SMILES string of the molecule is Cl.N#CC(CCCN1CCC(C(=O)c2ccc(F)cc2)CC1)(c1ccccc1)c1ccccc1. The van der Waals surface area contributed by atoms with Crippen LogP contribution in [0.4, 0.5) is 4.39 Å². The lowest BCUT2D eigenvalue weighted by molar-refractivity contribution is 0.0838. The van der Waals surface area contributed by atoms with Crippen molar-refractivity contribution < 1.29 is 9.18 Å². The zero-order valence-corrected chi connectivity index (χ0v) is 20.0. The molecule has 1 heterocycles. The third kappa shape index (κ3) is 5.73. The molecule has 3 aromatic rings. The Morgan fingerprint density at radius 1 is 0.912 bits per heavy atom. The molecule has 0 N–H and O–H groups in total. The van der Waals surface area contributed by atoms with E-state index >= 15 is 0 Å². The van der Waals surface area contributed by atoms with Gasteiger partial charge in [-0.05, 0) is 80.7 Å². The maximum Gasteiger partial charge on any atom is 0.166 e. The van der Waals surface area contributed by atoms with Crippen molar-refractivity contribution >= 4 is 18.2 Å². The third-order valence-electron chi connectivity index (χ3n) is 6.84. The molecule has 0 unspecified atom stereocenters. The van der Waals surface area contributed by atoms with Crippen LogP contribution in [0.15, 0.2) is 84.9 Å². The lowest BCUT2D eigenvalue weighted by Gasteiger charge is -2.33. The molecule has 0 bridgehead atoms. The Morgan fingerprint density at radius 2 is 1.44 bits per heavy atom. The van der Waals surface area contributed by atoms with E-state index in [9.17, 15) is 14.4 Å². The van der Waals surface area contributed by atoms with E-state index in [2.05, 4.69) is 11.0 Å². The van der Waals surface area contributed by atoms with Gasteiger partial charge >= 0.3 is 0 Å². The summed E-state index contributed by atoms with van der Waals surface area (Å²) in [6.45, 7) is 2.64. The lowest BCUT2D eigenvalue weighted by atomic mass is 9.72. The molecule has 34 heavy (non-hydrogen) atoms. The number of nitriles is 1. The summed E-state index contributed by atoms with van der Waals surface area (Å²) < 4.78 is 13.2. The number of carbonyl (C=O) groups is 1. The van der Waals surface area contributed by atoms with E-state index in [1.165, 1.54) is 12.1 Å². The number of hydrogen-bond donors (Lipinski definition) is 0. The maximum absolute atomic E-state index is 13.2. The highest BCUT2D eigenvalue weighted by Crippen LogP contribution is 2.36. The average Bonchev–Trinajstić information content (AvgIpc) is 2.88. The number of Topliss-reactive ketones (excluding diaryl/α,β-unsaturated/α-hetero) is 1. The van der Waals surface area contributed by atoms with Gasteiger partial charge in [-0.3, -0.25) is 4.79 Å². The van der Waals surface area contributed by atoms with Crippen molar-refractivity contribution in [3.63, 3.8) is 0 Å². The molecule has 3 nitrogen and oxygen atoms in total. The van der Waals surface area contributed by atoms with Crippen LogP contribution in [0.2, 0.25) is 0 Å². The number of benzene rings is 3. The van der Waals surface area contributed by atoms with Crippen molar-refractivity contribution in [2.75, 3.05) is 19.6 Å². The molecule has 0 aliphatic carbocycles. The Labute approximate surface area is 207 Å². The number of carbonyl (C=O) groups excluding carboxylic acids is 1. The highest BCUT2D eigenvalue weighted by atomic mass is 35.5. The fraction of sp³-hybridized carbons (Fsp3) is 0.310. The summed E-state index contributed by atoms with van der Waals surface area (Å²) in [6, 6.07) is 28.6. The first-order valence-electron chi connectivity index (χ1n) is 11.7. The summed E-state index contributed by atoms with van der Waals surface area (Å²) in [7, 11) is 0. The van der Waals surface area contributed by atoms with Gasteiger partial charge in [0.15, 0.2) is 5.78 Å². The molecule has 1 fully saturated rings. The van der Waals surface area contributed by atoms with Crippen LogP contribution in [0.5, 0.6) is 0 Å². The lowest BCUT2D eigenvalue weighted by Crippen LogP contribution is -2.37. The van der Waals surface area contributed by atoms with Gasteiger partial charge < -0.3 is 4.90 Å². The predicted octanol–water partition coefficient (Wildman–Crippen LogP) is 6.43. The van der Waals surface area contributed by atoms with Gasteiger partial charge in [-0.1, -0.05) is 60.7 Å². The van der Waals surface area contributed by atoms with Crippen molar-refractivity contribution in [3.05, 3.63) is 107 Å². The number of nitrogens with zero attached hydrogens (tertiary/aromatic N) is 2. The fourth-order valence-electron chi connectivity index (χ4n) is 4.92. The number of piperidine rings is 1. The Bertz CT molecular complexity index is 1050. The summed E-state index contributed by atoms with van der Waals surface area (Å²) in [4.78, 5) is 15.1. The van der Waals surface area contributed by atoms with Gasteiger partial charge in [-0.2, -0.15) is 5.26 Å². The van der Waals surface area contributed by atoms with Crippen LogP contribution in [-0.4, -0.2) is 30.3 Å². The number of hydrogen-bond acceptors (Lipinski definition) is 3. The first kappa shape index (κ1) is 25.6. The average molecular weight is 477 g/mol. The van der Waals surface area contributed by atoms with Gasteiger partial charge in [0, 0.05) is 11.5 Å². The molecule has 0 atom stereocenters. The summed E-state index contributed by atoms with van der Waals surface area (Å²) in [5.41, 5.74) is 1.99. The largest absolute Gasteiger partial charge is 0.303 e. The van der Waals surface area contributed by atoms with E-state index in [-0.39, 0.29) is 29.9 Å². The molecule has 5 heteroatoms. The minimum Gasteiger partial charge on any atom is -0.303 e. The molecular formula is C29H30ClFN2O. The fourth-order valence-corrected chi connectivity index (χ4v) is 4.92. The van der Waals surface area contributed by atoms with Crippen molar-refractivity contribution in [3.8, 4) is 6.07 Å². The van der Waals surface area contributed by atoms with Gasteiger partial charge in [0.25, 0.3) is 0 Å². The van der Waals surface area contributed by atoms with Crippen LogP contribution >= 0.6 is 12.4 Å². The highest BCUT2D eigenvalue weighted by Gasteiger charge is 2.34. The Hall–Kier alpha value is -3.00. The molecule has 176 valence electrons. The van der Waals surface area contributed by atoms with Crippen molar-refractivity contribution in [1.82, 2.24) is 4.90 Å². The van der Waals surface area contributed by atoms with E-state index in [4.69, 9.17) is 0 Å². The minimum atomic E-state index is -0.667. The minimum absolute atomic E-state index is 0. The van der Waals surface area contributed by atoms with Crippen LogP contribution in [-0.2, 0) is 5.41 Å². The first-order chi connectivity index (χ1) is 16.1. The molecule has 0 saturated carbocycles. The van der Waals surface area contributed by atoms with Crippen LogP contribution in [0.25, 0.3) is 0 Å². The van der Waals surface area contributed by atoms with Gasteiger partial charge in [-0.25, -0.2) is 4.39 Å². The number of ketones is 1. The zero-order valence-electron chi connectivity index (χ0n) is 19.2. The van der Waals surface area contributed by atoms with Crippen molar-refractivity contribution in [1.29, 1.82) is 5.26 Å². The van der Waals surface area contributed by atoms with Gasteiger partial charge in [0.05, 0.1) is 6.07 Å². The summed E-state index contributed by atoms with van der Waals surface area (Å²) >= 11 is 0. The van der Waals surface area contributed by atoms with Gasteiger partial charge in [0.2, 0.25) is 0 Å². The van der Waals surface area contributed by atoms with E-state index in [1.807, 2.05) is 60.7 Å². The van der Waals surface area contributed by atoms with E-state index in [0.717, 1.165) is 56.4 Å². The first-order valence-corrected chi connectivity index (χ1v) is 11.7. The van der Waals surface area contributed by atoms with Gasteiger partial charge in [-0.15, -0.1) is 12.4 Å². The molecule has 1 aliphatic heterocycles. The molecule has 4 rings (SSSR count). The number of likely N-dealkylation sites (tertiary alicyclic amines) is 1. The predicted molar refractivity (Wildman–Crippen MR) is 136 cm³/mol. The van der Waals surface area contributed by atoms with E-state index in [0.29, 0.717) is 5.56 Å². The highest BCUT2D eigenvalue weighted by molar-refractivity contribution is 5.97. The van der Waals surface area contributed by atoms with Crippen LogP contribution < -0.4 is 0 Å². The zero-order chi connectivity index (χ0) is 23.1. The molecule has 0 aromatic heterocycles. The Kier molecular flexibility index (Phi) is 8.98. The second-order valence-electron chi connectivity index (χ2n) is 8.84. The third-order valence-corrected chi connectivity index (χ3v) is 6.84. The standard InChI is InChI=1S/C29H29FN2O.ClH/c30-27-14-12-23(13-15-27)28(33)24-16-20-32(21-17-24)19-7-18-29(22-31,25-8-3-1-4-9-25)26-10-5-2-6-11-26;/h1-6,8-15,24H,7,16-21H2;1H. The number of rotatable bonds is 8. The second-order valence-corrected chi connectivity index (χ2v) is 8.84. The normalized spacial score (nSPS) is 14.7. The van der Waals surface area contributed by atoms with Gasteiger partial charge in [0.1, 0.15) is 11.2 Å². The summed E-state index contributed by atoms with van der Waals surface area (Å²) in [6.07, 6.45) is 3.27. The molecule has 0 radical (unpaired) electrons. The molecule has 0 spiro atoms. The molecule has 1 saturated heterocycles.